The van der Waals surface area contributed by atoms with E-state index in [-0.39, 0.29) is 5.91 Å². The van der Waals surface area contributed by atoms with Gasteiger partial charge in [-0.25, -0.2) is 0 Å². The Morgan fingerprint density at radius 3 is 2.75 bits per heavy atom. The lowest BCUT2D eigenvalue weighted by Gasteiger charge is -2.23. The Kier molecular flexibility index (Phi) is 5.12. The first-order chi connectivity index (χ1) is 9.56. The fraction of sp³-hybridized carbons (Fsp3) is 0.625. The molecule has 0 aromatic carbocycles. The van der Waals surface area contributed by atoms with Gasteiger partial charge >= 0.3 is 0 Å². The van der Waals surface area contributed by atoms with Crippen molar-refractivity contribution >= 4 is 5.91 Å². The standard InChI is InChI=1S/C16H25N3O/c1-12-8-13(2)17-9-14(12)10-18-16(20)11-19(3)15-6-4-5-7-15/h8-9,15H,4-7,10-11H2,1-3H3,(H,18,20). The fourth-order valence-corrected chi connectivity index (χ4v) is 2.86. The summed E-state index contributed by atoms with van der Waals surface area (Å²) in [5, 5.41) is 2.99. The maximum atomic E-state index is 12.0. The van der Waals surface area contributed by atoms with Crippen LogP contribution in [0.1, 0.15) is 42.5 Å². The molecule has 1 aliphatic rings. The second kappa shape index (κ2) is 6.84. The van der Waals surface area contributed by atoms with Crippen LogP contribution in [0.3, 0.4) is 0 Å². The number of amides is 1. The van der Waals surface area contributed by atoms with Crippen molar-refractivity contribution in [3.05, 3.63) is 29.1 Å². The number of carbonyl (C=O) groups excluding carboxylic acids is 1. The van der Waals surface area contributed by atoms with Crippen LogP contribution in [-0.2, 0) is 11.3 Å². The van der Waals surface area contributed by atoms with E-state index in [1.54, 1.807) is 0 Å². The van der Waals surface area contributed by atoms with Crippen molar-refractivity contribution in [1.82, 2.24) is 15.2 Å². The number of likely N-dealkylation sites (N-methyl/N-ethyl adjacent to an activating group) is 1. The predicted molar refractivity (Wildman–Crippen MR) is 80.4 cm³/mol. The molecule has 1 aromatic heterocycles. The molecule has 1 N–H and O–H groups in total. The summed E-state index contributed by atoms with van der Waals surface area (Å²) in [5.74, 6) is 0.0966. The van der Waals surface area contributed by atoms with Crippen LogP contribution in [0.4, 0.5) is 0 Å². The molecule has 0 bridgehead atoms. The highest BCUT2D eigenvalue weighted by Crippen LogP contribution is 2.21. The molecule has 1 amide bonds. The van der Waals surface area contributed by atoms with E-state index >= 15 is 0 Å². The third-order valence-electron chi connectivity index (χ3n) is 4.17. The number of nitrogens with zero attached hydrogens (tertiary/aromatic N) is 2. The van der Waals surface area contributed by atoms with Gasteiger partial charge in [-0.1, -0.05) is 12.8 Å². The molecule has 1 aromatic rings. The highest BCUT2D eigenvalue weighted by molar-refractivity contribution is 5.78. The SMILES string of the molecule is Cc1cc(C)c(CNC(=O)CN(C)C2CCCC2)cn1. The second-order valence-corrected chi connectivity index (χ2v) is 5.88. The zero-order valence-electron chi connectivity index (χ0n) is 12.8. The summed E-state index contributed by atoms with van der Waals surface area (Å²) >= 11 is 0. The van der Waals surface area contributed by atoms with Crippen molar-refractivity contribution in [3.63, 3.8) is 0 Å². The Morgan fingerprint density at radius 2 is 2.10 bits per heavy atom. The Bertz CT molecular complexity index is 467. The number of rotatable bonds is 5. The fourth-order valence-electron chi connectivity index (χ4n) is 2.86. The normalized spacial score (nSPS) is 15.8. The van der Waals surface area contributed by atoms with Gasteiger partial charge in [0.1, 0.15) is 0 Å². The van der Waals surface area contributed by atoms with Crippen molar-refractivity contribution in [3.8, 4) is 0 Å². The van der Waals surface area contributed by atoms with Crippen LogP contribution in [0, 0.1) is 13.8 Å². The number of carbonyl (C=O) groups is 1. The molecule has 110 valence electrons. The summed E-state index contributed by atoms with van der Waals surface area (Å²) in [4.78, 5) is 18.5. The number of pyridine rings is 1. The number of hydrogen-bond acceptors (Lipinski definition) is 3. The summed E-state index contributed by atoms with van der Waals surface area (Å²) in [6, 6.07) is 2.63. The molecule has 2 rings (SSSR count). The molecule has 0 saturated heterocycles. The summed E-state index contributed by atoms with van der Waals surface area (Å²) in [5.41, 5.74) is 3.29. The summed E-state index contributed by atoms with van der Waals surface area (Å²) in [6.45, 7) is 5.09. The van der Waals surface area contributed by atoms with Crippen LogP contribution in [0.2, 0.25) is 0 Å². The average molecular weight is 275 g/mol. The Balaban J connectivity index is 1.79. The largest absolute Gasteiger partial charge is 0.351 e. The number of hydrogen-bond donors (Lipinski definition) is 1. The quantitative estimate of drug-likeness (QED) is 0.896. The van der Waals surface area contributed by atoms with E-state index < -0.39 is 0 Å². The van der Waals surface area contributed by atoms with Gasteiger partial charge in [-0.15, -0.1) is 0 Å². The maximum absolute atomic E-state index is 12.0. The van der Waals surface area contributed by atoms with Crippen molar-refractivity contribution in [1.29, 1.82) is 0 Å². The van der Waals surface area contributed by atoms with E-state index in [9.17, 15) is 4.79 Å². The van der Waals surface area contributed by atoms with Crippen LogP contribution >= 0.6 is 0 Å². The molecule has 4 nitrogen and oxygen atoms in total. The van der Waals surface area contributed by atoms with Gasteiger partial charge in [-0.3, -0.25) is 14.7 Å². The van der Waals surface area contributed by atoms with E-state index in [1.807, 2.05) is 26.2 Å². The first-order valence-corrected chi connectivity index (χ1v) is 7.45. The van der Waals surface area contributed by atoms with Crippen molar-refractivity contribution in [2.45, 2.75) is 52.1 Å². The van der Waals surface area contributed by atoms with E-state index in [0.717, 1.165) is 11.3 Å². The van der Waals surface area contributed by atoms with E-state index in [4.69, 9.17) is 0 Å². The Hall–Kier alpha value is -1.42. The van der Waals surface area contributed by atoms with Crippen LogP contribution in [0.5, 0.6) is 0 Å². The first kappa shape index (κ1) is 15.0. The molecule has 1 aliphatic carbocycles. The third-order valence-corrected chi connectivity index (χ3v) is 4.17. The molecule has 1 saturated carbocycles. The summed E-state index contributed by atoms with van der Waals surface area (Å²) in [6.07, 6.45) is 6.90. The monoisotopic (exact) mass is 275 g/mol. The van der Waals surface area contributed by atoms with Gasteiger partial charge in [0.15, 0.2) is 0 Å². The maximum Gasteiger partial charge on any atom is 0.234 e. The minimum Gasteiger partial charge on any atom is -0.351 e. The van der Waals surface area contributed by atoms with E-state index in [0.29, 0.717) is 19.1 Å². The smallest absolute Gasteiger partial charge is 0.234 e. The predicted octanol–water partition coefficient (Wildman–Crippen LogP) is 2.19. The molecule has 20 heavy (non-hydrogen) atoms. The number of aryl methyl sites for hydroxylation is 2. The number of nitrogens with one attached hydrogen (secondary N) is 1. The molecule has 4 heteroatoms. The van der Waals surface area contributed by atoms with Crippen LogP contribution < -0.4 is 5.32 Å². The molecule has 0 radical (unpaired) electrons. The lowest BCUT2D eigenvalue weighted by atomic mass is 10.1. The molecular weight excluding hydrogens is 250 g/mol. The summed E-state index contributed by atoms with van der Waals surface area (Å²) in [7, 11) is 2.05. The Morgan fingerprint density at radius 1 is 1.40 bits per heavy atom. The zero-order chi connectivity index (χ0) is 14.5. The summed E-state index contributed by atoms with van der Waals surface area (Å²) < 4.78 is 0. The topological polar surface area (TPSA) is 45.2 Å². The van der Waals surface area contributed by atoms with Crippen molar-refractivity contribution < 1.29 is 4.79 Å². The molecular formula is C16H25N3O. The molecule has 0 atom stereocenters. The van der Waals surface area contributed by atoms with Gasteiger partial charge in [0.05, 0.1) is 6.54 Å². The Labute approximate surface area is 121 Å². The van der Waals surface area contributed by atoms with Gasteiger partial charge in [-0.2, -0.15) is 0 Å². The van der Waals surface area contributed by atoms with Gasteiger partial charge < -0.3 is 5.32 Å². The van der Waals surface area contributed by atoms with E-state index in [1.165, 1.54) is 31.2 Å². The zero-order valence-corrected chi connectivity index (χ0v) is 12.8. The molecule has 0 spiro atoms. The first-order valence-electron chi connectivity index (χ1n) is 7.45. The molecule has 1 fully saturated rings. The second-order valence-electron chi connectivity index (χ2n) is 5.88. The van der Waals surface area contributed by atoms with Crippen molar-refractivity contribution in [2.24, 2.45) is 0 Å². The van der Waals surface area contributed by atoms with Crippen LogP contribution in [-0.4, -0.2) is 35.4 Å². The van der Waals surface area contributed by atoms with Gasteiger partial charge in [0, 0.05) is 24.5 Å². The van der Waals surface area contributed by atoms with E-state index in [2.05, 4.69) is 22.1 Å². The van der Waals surface area contributed by atoms with Gasteiger partial charge in [-0.05, 0) is 50.9 Å². The third kappa shape index (κ3) is 4.04. The minimum absolute atomic E-state index is 0.0966. The van der Waals surface area contributed by atoms with Gasteiger partial charge in [0.25, 0.3) is 0 Å². The highest BCUT2D eigenvalue weighted by Gasteiger charge is 2.20. The average Bonchev–Trinajstić information content (AvgIpc) is 2.91. The van der Waals surface area contributed by atoms with Crippen molar-refractivity contribution in [2.75, 3.05) is 13.6 Å². The van der Waals surface area contributed by atoms with Crippen LogP contribution in [0.15, 0.2) is 12.3 Å². The number of aromatic nitrogens is 1. The molecule has 0 aliphatic heterocycles. The lowest BCUT2D eigenvalue weighted by Crippen LogP contribution is -2.39. The lowest BCUT2D eigenvalue weighted by molar-refractivity contribution is -0.122. The van der Waals surface area contributed by atoms with Crippen LogP contribution in [0.25, 0.3) is 0 Å². The minimum atomic E-state index is 0.0966. The highest BCUT2D eigenvalue weighted by atomic mass is 16.2. The molecule has 0 unspecified atom stereocenters. The van der Waals surface area contributed by atoms with Gasteiger partial charge in [0.2, 0.25) is 5.91 Å². The molecule has 1 heterocycles.